The number of benzene rings is 1. The number of rotatable bonds is 9. The summed E-state index contributed by atoms with van der Waals surface area (Å²) in [7, 11) is 1.64. The molecule has 7 heteroatoms. The summed E-state index contributed by atoms with van der Waals surface area (Å²) in [5.74, 6) is 1.57. The van der Waals surface area contributed by atoms with Crippen molar-refractivity contribution in [3.8, 4) is 11.5 Å². The molecule has 2 aliphatic rings. The third-order valence-corrected chi connectivity index (χ3v) is 6.83. The van der Waals surface area contributed by atoms with Gasteiger partial charge in [-0.15, -0.1) is 0 Å². The molecular weight excluding hydrogens is 394 g/mol. The molecule has 1 aliphatic heterocycles. The summed E-state index contributed by atoms with van der Waals surface area (Å²) in [6.45, 7) is 0.915. The van der Waals surface area contributed by atoms with Gasteiger partial charge in [0.1, 0.15) is 18.1 Å². The number of carbonyl (C=O) groups excluding carboxylic acids is 2. The van der Waals surface area contributed by atoms with Crippen molar-refractivity contribution in [2.24, 2.45) is 11.1 Å². The fraction of sp³-hybridized carbons (Fsp3) is 0.583. The van der Waals surface area contributed by atoms with Gasteiger partial charge in [-0.3, -0.25) is 14.5 Å². The number of unbranched alkanes of at least 4 members (excludes halogenated alkanes) is 1. The number of H-pyrrole nitrogens is 1. The predicted molar refractivity (Wildman–Crippen MR) is 119 cm³/mol. The summed E-state index contributed by atoms with van der Waals surface area (Å²) in [5, 5.41) is 0.966. The van der Waals surface area contributed by atoms with Gasteiger partial charge in [-0.05, 0) is 49.3 Å². The van der Waals surface area contributed by atoms with Crippen molar-refractivity contribution in [2.45, 2.75) is 63.8 Å². The third-order valence-electron chi connectivity index (χ3n) is 6.83. The summed E-state index contributed by atoms with van der Waals surface area (Å²) in [6, 6.07) is 5.69. The first-order valence-electron chi connectivity index (χ1n) is 11.4. The first-order valence-corrected chi connectivity index (χ1v) is 11.4. The number of hydrogen-bond donors (Lipinski definition) is 2. The number of nitrogens with two attached hydrogens (primary N) is 1. The maximum Gasteiger partial charge on any atom is 0.229 e. The van der Waals surface area contributed by atoms with Crippen LogP contribution in [0.15, 0.2) is 24.4 Å². The zero-order chi connectivity index (χ0) is 21.8. The van der Waals surface area contributed by atoms with Crippen LogP contribution in [0, 0.1) is 5.41 Å². The molecule has 1 aromatic carbocycles. The van der Waals surface area contributed by atoms with E-state index in [0.29, 0.717) is 26.0 Å². The lowest BCUT2D eigenvalue weighted by Gasteiger charge is -2.37. The normalized spacial score (nSPS) is 19.4. The Morgan fingerprint density at radius 3 is 2.61 bits per heavy atom. The fourth-order valence-electron chi connectivity index (χ4n) is 5.04. The molecule has 1 spiro atoms. The molecule has 2 heterocycles. The van der Waals surface area contributed by atoms with Gasteiger partial charge in [0, 0.05) is 42.5 Å². The molecular formula is C24H33N3O4. The molecule has 2 aromatic rings. The van der Waals surface area contributed by atoms with E-state index in [1.807, 2.05) is 24.4 Å². The number of aromatic nitrogens is 1. The van der Waals surface area contributed by atoms with Gasteiger partial charge < -0.3 is 20.2 Å². The molecule has 1 aliphatic carbocycles. The van der Waals surface area contributed by atoms with Crippen LogP contribution in [0.25, 0.3) is 10.9 Å². The molecule has 1 unspecified atom stereocenters. The monoisotopic (exact) mass is 427 g/mol. The van der Waals surface area contributed by atoms with E-state index in [4.69, 9.17) is 15.2 Å². The number of ether oxygens (including phenoxy) is 2. The van der Waals surface area contributed by atoms with Crippen molar-refractivity contribution in [3.63, 3.8) is 0 Å². The molecule has 2 fully saturated rings. The highest BCUT2D eigenvalue weighted by Crippen LogP contribution is 2.46. The Bertz CT molecular complexity index is 912. The second-order valence-electron chi connectivity index (χ2n) is 9.13. The summed E-state index contributed by atoms with van der Waals surface area (Å²) in [4.78, 5) is 29.7. The van der Waals surface area contributed by atoms with E-state index in [1.165, 1.54) is 4.90 Å². The number of nitrogens with zero attached hydrogens (tertiary/aromatic N) is 1. The molecule has 4 rings (SSSR count). The van der Waals surface area contributed by atoms with Crippen LogP contribution in [0.2, 0.25) is 0 Å². The van der Waals surface area contributed by atoms with Crippen LogP contribution >= 0.6 is 0 Å². The number of hydrogen-bond acceptors (Lipinski definition) is 5. The molecule has 0 radical (unpaired) electrons. The molecule has 1 aromatic heterocycles. The van der Waals surface area contributed by atoms with E-state index in [-0.39, 0.29) is 23.3 Å². The zero-order valence-corrected chi connectivity index (χ0v) is 18.3. The van der Waals surface area contributed by atoms with Gasteiger partial charge in [0.05, 0.1) is 7.11 Å². The number of aromatic amines is 1. The minimum absolute atomic E-state index is 0.0144. The summed E-state index contributed by atoms with van der Waals surface area (Å²) >= 11 is 0. The number of amides is 2. The molecule has 3 N–H and O–H groups in total. The number of nitrogens with one attached hydrogen (secondary N) is 1. The molecule has 1 atom stereocenters. The van der Waals surface area contributed by atoms with Crippen LogP contribution < -0.4 is 15.2 Å². The summed E-state index contributed by atoms with van der Waals surface area (Å²) < 4.78 is 11.2. The van der Waals surface area contributed by atoms with Gasteiger partial charge in [-0.1, -0.05) is 19.3 Å². The Hall–Kier alpha value is -2.54. The second kappa shape index (κ2) is 9.30. The average Bonchev–Trinajstić information content (AvgIpc) is 3.37. The number of imide groups is 1. The van der Waals surface area contributed by atoms with Gasteiger partial charge in [0.2, 0.25) is 11.8 Å². The van der Waals surface area contributed by atoms with Crippen molar-refractivity contribution in [3.05, 3.63) is 24.4 Å². The van der Waals surface area contributed by atoms with Gasteiger partial charge in [-0.25, -0.2) is 0 Å². The Balaban J connectivity index is 1.19. The summed E-state index contributed by atoms with van der Waals surface area (Å²) in [5.41, 5.74) is 7.19. The van der Waals surface area contributed by atoms with Gasteiger partial charge in [0.15, 0.2) is 0 Å². The van der Waals surface area contributed by atoms with E-state index in [9.17, 15) is 9.59 Å². The van der Waals surface area contributed by atoms with Crippen LogP contribution in [0.1, 0.15) is 57.8 Å². The highest BCUT2D eigenvalue weighted by atomic mass is 16.5. The average molecular weight is 428 g/mol. The van der Waals surface area contributed by atoms with E-state index in [0.717, 1.165) is 67.3 Å². The number of fused-ring (bicyclic) bond motifs is 1. The SMILES string of the molecule is COc1ccc2[nH]cc(OCC(N)CCCCN3C(=O)CC4(CCCC4)CC3=O)c2c1. The topological polar surface area (TPSA) is 97.7 Å². The van der Waals surface area contributed by atoms with Gasteiger partial charge in [0.25, 0.3) is 0 Å². The van der Waals surface area contributed by atoms with Crippen molar-refractivity contribution in [2.75, 3.05) is 20.3 Å². The van der Waals surface area contributed by atoms with Crippen molar-refractivity contribution in [1.29, 1.82) is 0 Å². The lowest BCUT2D eigenvalue weighted by molar-refractivity contribution is -0.153. The predicted octanol–water partition coefficient (Wildman–Crippen LogP) is 3.76. The standard InChI is InChI=1S/C24H33N3O4/c1-30-18-7-8-20-19(12-18)21(15-26-20)31-16-17(25)6-2-5-11-27-22(28)13-24(14-23(27)29)9-3-4-10-24/h7-8,12,15,17,26H,2-6,9-11,13-14,16,25H2,1H3. The first-order chi connectivity index (χ1) is 15.0. The smallest absolute Gasteiger partial charge is 0.229 e. The van der Waals surface area contributed by atoms with Crippen LogP contribution in [-0.4, -0.2) is 48.0 Å². The van der Waals surface area contributed by atoms with Gasteiger partial charge in [-0.2, -0.15) is 0 Å². The second-order valence-corrected chi connectivity index (χ2v) is 9.13. The van der Waals surface area contributed by atoms with Crippen molar-refractivity contribution < 1.29 is 19.1 Å². The fourth-order valence-corrected chi connectivity index (χ4v) is 5.04. The number of methoxy groups -OCH3 is 1. The summed E-state index contributed by atoms with van der Waals surface area (Å²) in [6.07, 6.45) is 9.68. The first kappa shape index (κ1) is 21.7. The van der Waals surface area contributed by atoms with E-state index < -0.39 is 0 Å². The minimum atomic E-state index is -0.106. The highest BCUT2D eigenvalue weighted by molar-refractivity contribution is 5.98. The van der Waals surface area contributed by atoms with E-state index in [1.54, 1.807) is 7.11 Å². The zero-order valence-electron chi connectivity index (χ0n) is 18.3. The van der Waals surface area contributed by atoms with Crippen molar-refractivity contribution in [1.82, 2.24) is 9.88 Å². The maximum absolute atomic E-state index is 12.5. The Morgan fingerprint density at radius 1 is 1.16 bits per heavy atom. The molecule has 1 saturated carbocycles. The van der Waals surface area contributed by atoms with Crippen LogP contribution in [-0.2, 0) is 9.59 Å². The lowest BCUT2D eigenvalue weighted by atomic mass is 9.76. The maximum atomic E-state index is 12.5. The highest BCUT2D eigenvalue weighted by Gasteiger charge is 2.44. The van der Waals surface area contributed by atoms with Crippen molar-refractivity contribution >= 4 is 22.7 Å². The number of piperidine rings is 1. The van der Waals surface area contributed by atoms with Gasteiger partial charge >= 0.3 is 0 Å². The molecule has 0 bridgehead atoms. The lowest BCUT2D eigenvalue weighted by Crippen LogP contribution is -2.47. The Labute approximate surface area is 183 Å². The molecule has 168 valence electrons. The largest absolute Gasteiger partial charge is 0.497 e. The Morgan fingerprint density at radius 2 is 1.90 bits per heavy atom. The van der Waals surface area contributed by atoms with E-state index >= 15 is 0 Å². The number of carbonyl (C=O) groups is 2. The quantitative estimate of drug-likeness (QED) is 0.469. The van der Waals surface area contributed by atoms with E-state index in [2.05, 4.69) is 4.98 Å². The third kappa shape index (κ3) is 4.87. The molecule has 1 saturated heterocycles. The van der Waals surface area contributed by atoms with Crippen LogP contribution in [0.4, 0.5) is 0 Å². The van der Waals surface area contributed by atoms with Crippen LogP contribution in [0.3, 0.4) is 0 Å². The Kier molecular flexibility index (Phi) is 6.51. The van der Waals surface area contributed by atoms with Crippen LogP contribution in [0.5, 0.6) is 11.5 Å². The molecule has 7 nitrogen and oxygen atoms in total. The minimum Gasteiger partial charge on any atom is -0.497 e. The number of likely N-dealkylation sites (tertiary alicyclic amines) is 1. The molecule has 2 amide bonds. The molecule has 31 heavy (non-hydrogen) atoms.